The monoisotopic (exact) mass is 263 g/mol. The van der Waals surface area contributed by atoms with E-state index in [1.165, 1.54) is 6.07 Å². The highest BCUT2D eigenvalue weighted by atomic mass is 19.1. The molecule has 0 bridgehead atoms. The van der Waals surface area contributed by atoms with E-state index in [-0.39, 0.29) is 17.7 Å². The Kier molecular flexibility index (Phi) is 4.16. The van der Waals surface area contributed by atoms with Crippen molar-refractivity contribution in [2.75, 3.05) is 6.54 Å². The molecule has 4 nitrogen and oxygen atoms in total. The molecule has 1 heterocycles. The Morgan fingerprint density at radius 1 is 1.37 bits per heavy atom. The average Bonchev–Trinajstić information content (AvgIpc) is 2.80. The van der Waals surface area contributed by atoms with Gasteiger partial charge in [0.05, 0.1) is 11.8 Å². The van der Waals surface area contributed by atoms with Gasteiger partial charge in [0.15, 0.2) is 11.6 Å². The molecule has 0 unspecified atom stereocenters. The SMILES string of the molecule is CC(C)Oc1ccc(-c2cc(CCN)[nH]n2)cc1F. The van der Waals surface area contributed by atoms with Gasteiger partial charge in [-0.05, 0) is 44.7 Å². The van der Waals surface area contributed by atoms with E-state index in [9.17, 15) is 4.39 Å². The van der Waals surface area contributed by atoms with Crippen molar-refractivity contribution in [3.8, 4) is 17.0 Å². The Balaban J connectivity index is 2.22. The molecule has 1 aromatic heterocycles. The number of nitrogens with two attached hydrogens (primary N) is 1. The third-order valence-corrected chi connectivity index (χ3v) is 2.63. The molecule has 0 saturated heterocycles. The third kappa shape index (κ3) is 3.32. The highest BCUT2D eigenvalue weighted by Gasteiger charge is 2.09. The summed E-state index contributed by atoms with van der Waals surface area (Å²) in [7, 11) is 0. The summed E-state index contributed by atoms with van der Waals surface area (Å²) in [6.45, 7) is 4.28. The average molecular weight is 263 g/mol. The fourth-order valence-corrected chi connectivity index (χ4v) is 1.80. The van der Waals surface area contributed by atoms with E-state index < -0.39 is 0 Å². The number of halogens is 1. The van der Waals surface area contributed by atoms with Gasteiger partial charge in [0, 0.05) is 17.7 Å². The first kappa shape index (κ1) is 13.5. The zero-order valence-electron chi connectivity index (χ0n) is 11.1. The summed E-state index contributed by atoms with van der Waals surface area (Å²) in [6.07, 6.45) is 0.672. The van der Waals surface area contributed by atoms with Crippen LogP contribution in [0, 0.1) is 5.82 Å². The maximum Gasteiger partial charge on any atom is 0.165 e. The molecule has 2 aromatic rings. The van der Waals surface area contributed by atoms with Gasteiger partial charge >= 0.3 is 0 Å². The number of aromatic nitrogens is 2. The number of nitrogens with zero attached hydrogens (tertiary/aromatic N) is 1. The van der Waals surface area contributed by atoms with E-state index >= 15 is 0 Å². The molecule has 19 heavy (non-hydrogen) atoms. The fraction of sp³-hybridized carbons (Fsp3) is 0.357. The minimum atomic E-state index is -0.380. The van der Waals surface area contributed by atoms with E-state index in [0.717, 1.165) is 12.1 Å². The van der Waals surface area contributed by atoms with Gasteiger partial charge in [0.25, 0.3) is 0 Å². The molecular formula is C14H18FN3O. The molecule has 0 amide bonds. The Labute approximate surface area is 111 Å². The van der Waals surface area contributed by atoms with Crippen LogP contribution in [0.15, 0.2) is 24.3 Å². The van der Waals surface area contributed by atoms with Crippen LogP contribution in [-0.4, -0.2) is 22.8 Å². The van der Waals surface area contributed by atoms with E-state index in [1.54, 1.807) is 12.1 Å². The number of ether oxygens (including phenoxy) is 1. The highest BCUT2D eigenvalue weighted by Crippen LogP contribution is 2.25. The molecule has 0 spiro atoms. The van der Waals surface area contributed by atoms with E-state index in [2.05, 4.69) is 10.2 Å². The molecule has 102 valence electrons. The van der Waals surface area contributed by atoms with Crippen molar-refractivity contribution >= 4 is 0 Å². The molecule has 0 saturated carbocycles. The topological polar surface area (TPSA) is 63.9 Å². The van der Waals surface area contributed by atoms with Crippen LogP contribution < -0.4 is 10.5 Å². The second-order valence-corrected chi connectivity index (χ2v) is 4.63. The van der Waals surface area contributed by atoms with Crippen molar-refractivity contribution in [2.45, 2.75) is 26.4 Å². The summed E-state index contributed by atoms with van der Waals surface area (Å²) < 4.78 is 19.2. The van der Waals surface area contributed by atoms with Crippen LogP contribution in [0.5, 0.6) is 5.75 Å². The molecule has 0 aliphatic heterocycles. The first-order valence-corrected chi connectivity index (χ1v) is 6.31. The minimum absolute atomic E-state index is 0.0538. The van der Waals surface area contributed by atoms with Gasteiger partial charge < -0.3 is 10.5 Å². The predicted molar refractivity (Wildman–Crippen MR) is 72.5 cm³/mol. The van der Waals surface area contributed by atoms with Crippen LogP contribution >= 0.6 is 0 Å². The van der Waals surface area contributed by atoms with Gasteiger partial charge in [-0.1, -0.05) is 0 Å². The molecule has 5 heteroatoms. The van der Waals surface area contributed by atoms with E-state index in [1.807, 2.05) is 19.9 Å². The maximum atomic E-state index is 13.9. The third-order valence-electron chi connectivity index (χ3n) is 2.63. The van der Waals surface area contributed by atoms with Gasteiger partial charge in [-0.25, -0.2) is 4.39 Å². The number of H-pyrrole nitrogens is 1. The maximum absolute atomic E-state index is 13.9. The summed E-state index contributed by atoms with van der Waals surface area (Å²) >= 11 is 0. The standard InChI is InChI=1S/C14H18FN3O/c1-9(2)19-14-4-3-10(7-12(14)15)13-8-11(5-6-16)17-18-13/h3-4,7-9H,5-6,16H2,1-2H3,(H,17,18). The quantitative estimate of drug-likeness (QED) is 0.871. The number of aromatic amines is 1. The van der Waals surface area contributed by atoms with Crippen LogP contribution in [0.25, 0.3) is 11.3 Å². The van der Waals surface area contributed by atoms with Crippen molar-refractivity contribution in [2.24, 2.45) is 5.73 Å². The Bertz CT molecular complexity index is 551. The number of hydrogen-bond donors (Lipinski definition) is 2. The first-order valence-electron chi connectivity index (χ1n) is 6.31. The number of rotatable bonds is 5. The lowest BCUT2D eigenvalue weighted by molar-refractivity contribution is 0.231. The summed E-state index contributed by atoms with van der Waals surface area (Å²) in [5.41, 5.74) is 7.84. The molecular weight excluding hydrogens is 245 g/mol. The lowest BCUT2D eigenvalue weighted by atomic mass is 10.1. The van der Waals surface area contributed by atoms with Gasteiger partial charge in [-0.2, -0.15) is 5.10 Å². The Hall–Kier alpha value is -1.88. The van der Waals surface area contributed by atoms with Crippen molar-refractivity contribution in [1.29, 1.82) is 0 Å². The highest BCUT2D eigenvalue weighted by molar-refractivity contribution is 5.60. The second-order valence-electron chi connectivity index (χ2n) is 4.63. The summed E-state index contributed by atoms with van der Waals surface area (Å²) in [5.74, 6) is -0.119. The zero-order chi connectivity index (χ0) is 13.8. The van der Waals surface area contributed by atoms with Gasteiger partial charge in [0.1, 0.15) is 0 Å². The van der Waals surface area contributed by atoms with Crippen LogP contribution in [0.1, 0.15) is 19.5 Å². The number of benzene rings is 1. The number of hydrogen-bond acceptors (Lipinski definition) is 3. The van der Waals surface area contributed by atoms with Gasteiger partial charge in [-0.3, -0.25) is 5.10 Å². The Morgan fingerprint density at radius 3 is 2.79 bits per heavy atom. The molecule has 0 radical (unpaired) electrons. The second kappa shape index (κ2) is 5.84. The fourth-order valence-electron chi connectivity index (χ4n) is 1.80. The van der Waals surface area contributed by atoms with Crippen molar-refractivity contribution in [3.05, 3.63) is 35.8 Å². The van der Waals surface area contributed by atoms with Crippen LogP contribution in [-0.2, 0) is 6.42 Å². The summed E-state index contributed by atoms with van der Waals surface area (Å²) in [4.78, 5) is 0. The predicted octanol–water partition coefficient (Wildman–Crippen LogP) is 2.50. The molecule has 2 rings (SSSR count). The minimum Gasteiger partial charge on any atom is -0.488 e. The molecule has 0 aliphatic carbocycles. The van der Waals surface area contributed by atoms with Crippen LogP contribution in [0.2, 0.25) is 0 Å². The van der Waals surface area contributed by atoms with Crippen molar-refractivity contribution < 1.29 is 9.13 Å². The van der Waals surface area contributed by atoms with Crippen molar-refractivity contribution in [3.63, 3.8) is 0 Å². The van der Waals surface area contributed by atoms with Gasteiger partial charge in [-0.15, -0.1) is 0 Å². The zero-order valence-corrected chi connectivity index (χ0v) is 11.1. The first-order chi connectivity index (χ1) is 9.10. The van der Waals surface area contributed by atoms with E-state index in [0.29, 0.717) is 17.8 Å². The molecule has 0 atom stereocenters. The molecule has 1 aromatic carbocycles. The smallest absolute Gasteiger partial charge is 0.165 e. The Morgan fingerprint density at radius 2 is 2.16 bits per heavy atom. The molecule has 0 aliphatic rings. The van der Waals surface area contributed by atoms with Gasteiger partial charge in [0.2, 0.25) is 0 Å². The number of nitrogens with one attached hydrogen (secondary N) is 1. The largest absolute Gasteiger partial charge is 0.488 e. The van der Waals surface area contributed by atoms with Crippen LogP contribution in [0.4, 0.5) is 4.39 Å². The van der Waals surface area contributed by atoms with Crippen LogP contribution in [0.3, 0.4) is 0 Å². The normalized spacial score (nSPS) is 11.0. The summed E-state index contributed by atoms with van der Waals surface area (Å²) in [6, 6.07) is 6.73. The van der Waals surface area contributed by atoms with Crippen molar-refractivity contribution in [1.82, 2.24) is 10.2 Å². The summed E-state index contributed by atoms with van der Waals surface area (Å²) in [5, 5.41) is 7.04. The lowest BCUT2D eigenvalue weighted by Gasteiger charge is -2.10. The molecule has 3 N–H and O–H groups in total. The lowest BCUT2D eigenvalue weighted by Crippen LogP contribution is -2.06. The molecule has 0 fully saturated rings. The van der Waals surface area contributed by atoms with E-state index in [4.69, 9.17) is 10.5 Å².